The standard InChI is InChI=1S/C35H33ClF3N7O4S/c36-26-24(20-2-3-22(38)30-23(20)21(11-40)31(41)51-30)27(39)28-25-29(26)49-9-8-46(19-4-7-44(13-19)33(47)17-14-48-15-17)32(25)43-34(42-28)50-16-35-5-1-6-45(35)12-18(37)10-35/h2-3,17-19H,1,4-10,12-16,41H2/t18-,19?,35+/m1/s1. The molecule has 0 spiro atoms. The number of fused-ring (bicyclic) bond motifs is 2. The molecule has 11 nitrogen and oxygen atoms in total. The van der Waals surface area contributed by atoms with Crippen LogP contribution in [-0.2, 0) is 9.53 Å². The van der Waals surface area contributed by atoms with E-state index in [9.17, 15) is 14.4 Å². The summed E-state index contributed by atoms with van der Waals surface area (Å²) < 4.78 is 64.9. The molecule has 0 radical (unpaired) electrons. The highest BCUT2D eigenvalue weighted by atomic mass is 35.5. The number of carbonyl (C=O) groups excluding carboxylic acids is 1. The number of ether oxygens (including phenoxy) is 3. The van der Waals surface area contributed by atoms with Gasteiger partial charge in [0.15, 0.2) is 11.6 Å². The van der Waals surface area contributed by atoms with Crippen molar-refractivity contribution in [2.45, 2.75) is 43.4 Å². The molecule has 9 rings (SSSR count). The number of anilines is 2. The molecule has 4 fully saturated rings. The number of hydrogen-bond acceptors (Lipinski definition) is 11. The first-order valence-corrected chi connectivity index (χ1v) is 18.3. The first-order valence-electron chi connectivity index (χ1n) is 17.1. The monoisotopic (exact) mass is 739 g/mol. The Bertz CT molecular complexity index is 2160. The fourth-order valence-corrected chi connectivity index (χ4v) is 9.86. The third-order valence-corrected chi connectivity index (χ3v) is 12.5. The first kappa shape index (κ1) is 32.8. The Kier molecular flexibility index (Phi) is 7.88. The predicted octanol–water partition coefficient (Wildman–Crippen LogP) is 5.30. The number of alkyl halides is 1. The Hall–Kier alpha value is -4.10. The number of nitrogens with zero attached hydrogens (tertiary/aromatic N) is 6. The third kappa shape index (κ3) is 5.08. The van der Waals surface area contributed by atoms with Crippen molar-refractivity contribution < 1.29 is 32.2 Å². The van der Waals surface area contributed by atoms with Gasteiger partial charge in [-0.3, -0.25) is 9.69 Å². The molecular weight excluding hydrogens is 707 g/mol. The third-order valence-electron chi connectivity index (χ3n) is 11.1. The molecule has 0 saturated carbocycles. The molecule has 4 saturated heterocycles. The van der Waals surface area contributed by atoms with E-state index in [2.05, 4.69) is 9.88 Å². The smallest absolute Gasteiger partial charge is 0.319 e. The van der Waals surface area contributed by atoms with E-state index in [0.29, 0.717) is 58.1 Å². The number of thiophene rings is 1. The van der Waals surface area contributed by atoms with Gasteiger partial charge < -0.3 is 29.7 Å². The number of benzene rings is 2. The quantitative estimate of drug-likeness (QED) is 0.278. The maximum atomic E-state index is 17.3. The molecular formula is C35H33ClF3N7O4S. The maximum absolute atomic E-state index is 17.3. The van der Waals surface area contributed by atoms with Crippen LogP contribution < -0.4 is 20.1 Å². The topological polar surface area (TPSA) is 130 Å². The second kappa shape index (κ2) is 12.3. The molecule has 5 aliphatic rings. The van der Waals surface area contributed by atoms with Crippen molar-refractivity contribution in [2.75, 3.05) is 69.8 Å². The highest BCUT2D eigenvalue weighted by Crippen LogP contribution is 2.51. The minimum atomic E-state index is -0.968. The van der Waals surface area contributed by atoms with Gasteiger partial charge in [0.1, 0.15) is 47.6 Å². The van der Waals surface area contributed by atoms with Crippen molar-refractivity contribution in [3.63, 3.8) is 0 Å². The molecule has 0 bridgehead atoms. The van der Waals surface area contributed by atoms with E-state index >= 15 is 8.78 Å². The number of rotatable bonds is 6. The van der Waals surface area contributed by atoms with Crippen LogP contribution in [0.3, 0.4) is 0 Å². The minimum absolute atomic E-state index is 0.0160. The van der Waals surface area contributed by atoms with Crippen LogP contribution >= 0.6 is 22.9 Å². The molecule has 266 valence electrons. The molecule has 2 N–H and O–H groups in total. The summed E-state index contributed by atoms with van der Waals surface area (Å²) in [6.07, 6.45) is 1.68. The number of nitrogen functional groups attached to an aromatic ring is 1. The lowest BCUT2D eigenvalue weighted by Gasteiger charge is -2.32. The van der Waals surface area contributed by atoms with Gasteiger partial charge in [-0.2, -0.15) is 15.2 Å². The lowest BCUT2D eigenvalue weighted by Crippen LogP contribution is -2.46. The summed E-state index contributed by atoms with van der Waals surface area (Å²) in [6.45, 7) is 3.52. The van der Waals surface area contributed by atoms with Gasteiger partial charge in [0.2, 0.25) is 5.91 Å². The zero-order valence-electron chi connectivity index (χ0n) is 27.4. The van der Waals surface area contributed by atoms with Crippen molar-refractivity contribution in [2.24, 2.45) is 5.92 Å². The number of amides is 1. The zero-order chi connectivity index (χ0) is 35.2. The Morgan fingerprint density at radius 3 is 2.82 bits per heavy atom. The first-order chi connectivity index (χ1) is 24.7. The lowest BCUT2D eigenvalue weighted by molar-refractivity contribution is -0.148. The van der Waals surface area contributed by atoms with E-state index in [1.54, 1.807) is 0 Å². The van der Waals surface area contributed by atoms with Crippen molar-refractivity contribution in [1.82, 2.24) is 19.8 Å². The summed E-state index contributed by atoms with van der Waals surface area (Å²) >= 11 is 7.96. The van der Waals surface area contributed by atoms with Gasteiger partial charge in [-0.1, -0.05) is 17.7 Å². The fraction of sp³-hybridized carbons (Fsp3) is 0.486. The van der Waals surface area contributed by atoms with Crippen LogP contribution in [-0.4, -0.2) is 103 Å². The Balaban J connectivity index is 1.20. The molecule has 1 amide bonds. The van der Waals surface area contributed by atoms with Gasteiger partial charge in [-0.25, -0.2) is 13.2 Å². The van der Waals surface area contributed by atoms with E-state index in [4.69, 9.17) is 36.5 Å². The second-order valence-corrected chi connectivity index (χ2v) is 15.4. The Labute approximate surface area is 299 Å². The molecule has 2 aromatic heterocycles. The van der Waals surface area contributed by atoms with E-state index in [1.807, 2.05) is 15.9 Å². The van der Waals surface area contributed by atoms with Gasteiger partial charge in [0.25, 0.3) is 0 Å². The molecule has 2 aromatic carbocycles. The highest BCUT2D eigenvalue weighted by Gasteiger charge is 2.49. The normalized spacial score (nSPS) is 24.8. The van der Waals surface area contributed by atoms with Crippen LogP contribution in [0.1, 0.15) is 31.2 Å². The summed E-state index contributed by atoms with van der Waals surface area (Å²) in [5, 5.41) is 10.3. The Morgan fingerprint density at radius 2 is 2.04 bits per heavy atom. The fourth-order valence-electron chi connectivity index (χ4n) is 8.58. The zero-order valence-corrected chi connectivity index (χ0v) is 29.0. The van der Waals surface area contributed by atoms with Crippen LogP contribution in [0.2, 0.25) is 5.02 Å². The number of carbonyl (C=O) groups is 1. The molecule has 4 aromatic rings. The van der Waals surface area contributed by atoms with Crippen LogP contribution in [0.5, 0.6) is 11.8 Å². The van der Waals surface area contributed by atoms with E-state index in [1.165, 1.54) is 12.1 Å². The predicted molar refractivity (Wildman–Crippen MR) is 185 cm³/mol. The number of nitriles is 1. The van der Waals surface area contributed by atoms with Gasteiger partial charge in [-0.15, -0.1) is 11.3 Å². The van der Waals surface area contributed by atoms with Crippen molar-refractivity contribution in [1.29, 1.82) is 5.26 Å². The van der Waals surface area contributed by atoms with Crippen molar-refractivity contribution in [3.8, 4) is 29.0 Å². The van der Waals surface area contributed by atoms with Gasteiger partial charge in [0, 0.05) is 43.0 Å². The number of likely N-dealkylation sites (tertiary alicyclic amines) is 1. The summed E-state index contributed by atoms with van der Waals surface area (Å²) in [4.78, 5) is 28.5. The Morgan fingerprint density at radius 1 is 1.20 bits per heavy atom. The summed E-state index contributed by atoms with van der Waals surface area (Å²) in [7, 11) is 0. The van der Waals surface area contributed by atoms with Crippen molar-refractivity contribution >= 4 is 60.7 Å². The molecule has 0 aliphatic carbocycles. The number of nitrogens with two attached hydrogens (primary N) is 1. The SMILES string of the molecule is N#Cc1c(N)sc2c(F)ccc(-c3c(Cl)c4c5c(nc(OC[C@@]67CCCN6C[C@H](F)C7)nc5c3F)N(C3CCN(C(=O)C5COC5)C3)CCO4)c12. The van der Waals surface area contributed by atoms with E-state index in [-0.39, 0.29) is 90.5 Å². The number of hydrogen-bond donors (Lipinski definition) is 1. The van der Waals surface area contributed by atoms with Crippen molar-refractivity contribution in [3.05, 3.63) is 34.4 Å². The number of halogens is 4. The van der Waals surface area contributed by atoms with E-state index < -0.39 is 23.3 Å². The maximum Gasteiger partial charge on any atom is 0.319 e. The average molecular weight is 740 g/mol. The van der Waals surface area contributed by atoms with Gasteiger partial charge >= 0.3 is 6.01 Å². The number of aromatic nitrogens is 2. The molecule has 51 heavy (non-hydrogen) atoms. The van der Waals surface area contributed by atoms with E-state index in [0.717, 1.165) is 30.7 Å². The summed E-state index contributed by atoms with van der Waals surface area (Å²) in [5.74, 6) is -1.06. The van der Waals surface area contributed by atoms with Crippen LogP contribution in [0, 0.1) is 28.9 Å². The lowest BCUT2D eigenvalue weighted by atomic mass is 9.95. The molecule has 5 aliphatic heterocycles. The molecule has 3 atom stereocenters. The van der Waals surface area contributed by atoms with Crippen LogP contribution in [0.15, 0.2) is 12.1 Å². The highest BCUT2D eigenvalue weighted by molar-refractivity contribution is 7.23. The minimum Gasteiger partial charge on any atom is -0.489 e. The summed E-state index contributed by atoms with van der Waals surface area (Å²) in [5.41, 5.74) is 5.52. The van der Waals surface area contributed by atoms with Gasteiger partial charge in [-0.05, 0) is 37.4 Å². The summed E-state index contributed by atoms with van der Waals surface area (Å²) in [6, 6.07) is 4.32. The second-order valence-electron chi connectivity index (χ2n) is 14.0. The molecule has 16 heteroatoms. The molecule has 1 unspecified atom stereocenters. The van der Waals surface area contributed by atoms with Crippen LogP contribution in [0.4, 0.5) is 24.0 Å². The average Bonchev–Trinajstić information content (AvgIpc) is 3.83. The largest absolute Gasteiger partial charge is 0.489 e. The molecule has 7 heterocycles. The van der Waals surface area contributed by atoms with Gasteiger partial charge in [0.05, 0.1) is 51.9 Å². The van der Waals surface area contributed by atoms with Crippen LogP contribution in [0.25, 0.3) is 32.1 Å².